The molecule has 0 aliphatic carbocycles. The molecular weight excluding hydrogens is 242 g/mol. The van der Waals surface area contributed by atoms with Gasteiger partial charge in [0.15, 0.2) is 5.17 Å². The minimum absolute atomic E-state index is 0.00770. The van der Waals surface area contributed by atoms with Gasteiger partial charge in [-0.15, -0.1) is 0 Å². The summed E-state index contributed by atoms with van der Waals surface area (Å²) in [5.41, 5.74) is 6.09. The van der Waals surface area contributed by atoms with Gasteiger partial charge in [-0.2, -0.15) is 4.99 Å². The first-order valence-electron chi connectivity index (χ1n) is 4.59. The number of nitrogens with zero attached hydrogens (tertiary/aromatic N) is 2. The van der Waals surface area contributed by atoms with E-state index in [4.69, 9.17) is 5.73 Å². The van der Waals surface area contributed by atoms with Gasteiger partial charge in [0.1, 0.15) is 0 Å². The van der Waals surface area contributed by atoms with Crippen molar-refractivity contribution in [1.82, 2.24) is 0 Å². The van der Waals surface area contributed by atoms with Crippen molar-refractivity contribution in [1.29, 1.82) is 0 Å². The summed E-state index contributed by atoms with van der Waals surface area (Å²) in [5.74, 6) is -0.383. The number of nitro groups is 1. The third-order valence-corrected chi connectivity index (χ3v) is 2.85. The van der Waals surface area contributed by atoms with Crippen LogP contribution in [0.5, 0.6) is 0 Å². The second kappa shape index (κ2) is 4.38. The maximum atomic E-state index is 11.3. The summed E-state index contributed by atoms with van der Waals surface area (Å²) in [6.45, 7) is 0. The lowest BCUT2D eigenvalue weighted by Gasteiger charge is -1.95. The molecule has 0 unspecified atom stereocenters. The average molecular weight is 249 g/mol. The minimum atomic E-state index is -0.479. The normalized spacial score (nSPS) is 17.3. The van der Waals surface area contributed by atoms with Gasteiger partial charge in [0.25, 0.3) is 11.6 Å². The van der Waals surface area contributed by atoms with E-state index in [0.29, 0.717) is 10.5 Å². The molecule has 1 aromatic rings. The predicted molar refractivity (Wildman–Crippen MR) is 65.3 cm³/mol. The SMILES string of the molecule is NC1=NC(=O)C(=Cc2ccc([N+](=O)[O-])cc2)S1. The molecule has 0 bridgehead atoms. The number of hydrogen-bond acceptors (Lipinski definition) is 5. The van der Waals surface area contributed by atoms with Crippen LogP contribution in [0, 0.1) is 10.1 Å². The minimum Gasteiger partial charge on any atom is -0.378 e. The van der Waals surface area contributed by atoms with Crippen molar-refractivity contribution < 1.29 is 9.72 Å². The van der Waals surface area contributed by atoms with E-state index in [2.05, 4.69) is 4.99 Å². The first-order chi connectivity index (χ1) is 8.06. The number of carbonyl (C=O) groups excluding carboxylic acids is 1. The first-order valence-corrected chi connectivity index (χ1v) is 5.40. The highest BCUT2D eigenvalue weighted by Crippen LogP contribution is 2.26. The first kappa shape index (κ1) is 11.3. The van der Waals surface area contributed by atoms with Crippen molar-refractivity contribution in [2.45, 2.75) is 0 Å². The van der Waals surface area contributed by atoms with Crippen LogP contribution < -0.4 is 5.73 Å². The smallest absolute Gasteiger partial charge is 0.286 e. The molecule has 0 radical (unpaired) electrons. The summed E-state index contributed by atoms with van der Waals surface area (Å²) >= 11 is 1.08. The van der Waals surface area contributed by atoms with Crippen LogP contribution in [0.2, 0.25) is 0 Å². The molecule has 1 amide bonds. The van der Waals surface area contributed by atoms with Gasteiger partial charge in [-0.05, 0) is 35.5 Å². The largest absolute Gasteiger partial charge is 0.378 e. The lowest BCUT2D eigenvalue weighted by Crippen LogP contribution is -2.01. The molecule has 1 aliphatic heterocycles. The summed E-state index contributed by atoms with van der Waals surface area (Å²) in [5, 5.41) is 10.7. The fraction of sp³-hybridized carbons (Fsp3) is 0. The lowest BCUT2D eigenvalue weighted by atomic mass is 10.2. The molecule has 7 heteroatoms. The molecule has 0 spiro atoms. The highest BCUT2D eigenvalue weighted by atomic mass is 32.2. The van der Waals surface area contributed by atoms with Crippen LogP contribution in [0.25, 0.3) is 6.08 Å². The van der Waals surface area contributed by atoms with Gasteiger partial charge >= 0.3 is 0 Å². The van der Waals surface area contributed by atoms with Crippen LogP contribution in [0.3, 0.4) is 0 Å². The lowest BCUT2D eigenvalue weighted by molar-refractivity contribution is -0.384. The molecule has 0 fully saturated rings. The molecule has 1 heterocycles. The number of thioether (sulfide) groups is 1. The van der Waals surface area contributed by atoms with Gasteiger partial charge in [0.2, 0.25) is 0 Å². The Labute approximate surface area is 100 Å². The molecule has 2 N–H and O–H groups in total. The Balaban J connectivity index is 2.23. The Kier molecular flexibility index (Phi) is 2.92. The Hall–Kier alpha value is -2.15. The Bertz CT molecular complexity index is 548. The van der Waals surface area contributed by atoms with Gasteiger partial charge in [-0.1, -0.05) is 0 Å². The summed E-state index contributed by atoms with van der Waals surface area (Å²) in [6.07, 6.45) is 1.60. The number of nitro benzene ring substituents is 1. The van der Waals surface area contributed by atoms with Crippen LogP contribution in [0.15, 0.2) is 34.2 Å². The number of rotatable bonds is 2. The number of non-ortho nitro benzene ring substituents is 1. The highest BCUT2D eigenvalue weighted by molar-refractivity contribution is 8.18. The van der Waals surface area contributed by atoms with E-state index in [1.165, 1.54) is 12.1 Å². The molecule has 0 saturated carbocycles. The number of nitrogens with two attached hydrogens (primary N) is 1. The van der Waals surface area contributed by atoms with E-state index < -0.39 is 4.92 Å². The van der Waals surface area contributed by atoms with Crippen molar-refractivity contribution in [2.24, 2.45) is 10.7 Å². The van der Waals surface area contributed by atoms with E-state index in [1.54, 1.807) is 18.2 Å². The number of hydrogen-bond donors (Lipinski definition) is 1. The predicted octanol–water partition coefficient (Wildman–Crippen LogP) is 1.52. The Morgan fingerprint density at radius 1 is 1.35 bits per heavy atom. The van der Waals surface area contributed by atoms with E-state index in [1.807, 2.05) is 0 Å². The molecular formula is C10H7N3O3S. The molecule has 0 aromatic heterocycles. The summed E-state index contributed by atoms with van der Waals surface area (Å²) < 4.78 is 0. The van der Waals surface area contributed by atoms with Crippen molar-refractivity contribution in [3.63, 3.8) is 0 Å². The number of amidine groups is 1. The quantitative estimate of drug-likeness (QED) is 0.486. The zero-order valence-corrected chi connectivity index (χ0v) is 9.31. The molecule has 17 heavy (non-hydrogen) atoms. The summed E-state index contributed by atoms with van der Waals surface area (Å²) in [4.78, 5) is 25.2. The Morgan fingerprint density at radius 2 is 2.00 bits per heavy atom. The average Bonchev–Trinajstić information content (AvgIpc) is 2.58. The van der Waals surface area contributed by atoms with Crippen molar-refractivity contribution in [3.05, 3.63) is 44.8 Å². The molecule has 1 aromatic carbocycles. The van der Waals surface area contributed by atoms with Crippen LogP contribution in [-0.2, 0) is 4.79 Å². The molecule has 0 atom stereocenters. The van der Waals surface area contributed by atoms with Crippen molar-refractivity contribution >= 4 is 34.6 Å². The number of carbonyl (C=O) groups is 1. The number of amides is 1. The third-order valence-electron chi connectivity index (χ3n) is 2.04. The van der Waals surface area contributed by atoms with Gasteiger partial charge in [0.05, 0.1) is 9.83 Å². The maximum Gasteiger partial charge on any atom is 0.286 e. The molecule has 86 valence electrons. The molecule has 1 aliphatic rings. The number of benzene rings is 1. The fourth-order valence-corrected chi connectivity index (χ4v) is 1.95. The zero-order valence-electron chi connectivity index (χ0n) is 8.49. The van der Waals surface area contributed by atoms with E-state index in [0.717, 1.165) is 11.8 Å². The van der Waals surface area contributed by atoms with Gasteiger partial charge in [-0.3, -0.25) is 14.9 Å². The molecule has 2 rings (SSSR count). The van der Waals surface area contributed by atoms with E-state index >= 15 is 0 Å². The molecule has 0 saturated heterocycles. The van der Waals surface area contributed by atoms with E-state index in [9.17, 15) is 14.9 Å². The maximum absolute atomic E-state index is 11.3. The summed E-state index contributed by atoms with van der Waals surface area (Å²) in [7, 11) is 0. The monoisotopic (exact) mass is 249 g/mol. The highest BCUT2D eigenvalue weighted by Gasteiger charge is 2.19. The zero-order chi connectivity index (χ0) is 12.4. The second-order valence-electron chi connectivity index (χ2n) is 3.21. The van der Waals surface area contributed by atoms with Crippen molar-refractivity contribution in [2.75, 3.05) is 0 Å². The summed E-state index contributed by atoms with van der Waals surface area (Å²) in [6, 6.07) is 5.88. The van der Waals surface area contributed by atoms with Crippen LogP contribution >= 0.6 is 11.8 Å². The van der Waals surface area contributed by atoms with Crippen LogP contribution in [0.1, 0.15) is 5.56 Å². The van der Waals surface area contributed by atoms with Crippen molar-refractivity contribution in [3.8, 4) is 0 Å². The van der Waals surface area contributed by atoms with Gasteiger partial charge in [0, 0.05) is 12.1 Å². The van der Waals surface area contributed by atoms with Crippen LogP contribution in [0.4, 0.5) is 5.69 Å². The van der Waals surface area contributed by atoms with Gasteiger partial charge in [-0.25, -0.2) is 0 Å². The fourth-order valence-electron chi connectivity index (χ4n) is 1.27. The molecule has 6 nitrogen and oxygen atoms in total. The second-order valence-corrected chi connectivity index (χ2v) is 4.28. The van der Waals surface area contributed by atoms with E-state index in [-0.39, 0.29) is 16.8 Å². The standard InChI is InChI=1S/C10H7N3O3S/c11-10-12-9(14)8(17-10)5-6-1-3-7(4-2-6)13(15)16/h1-5H,(H2,11,12,14). The van der Waals surface area contributed by atoms with Crippen LogP contribution in [-0.4, -0.2) is 16.0 Å². The number of aliphatic imine (C=N–C) groups is 1. The third kappa shape index (κ3) is 2.51. The Morgan fingerprint density at radius 3 is 2.47 bits per heavy atom. The van der Waals surface area contributed by atoms with Gasteiger partial charge < -0.3 is 5.73 Å². The topological polar surface area (TPSA) is 98.6 Å².